The zero-order valence-electron chi connectivity index (χ0n) is 15.3. The highest BCUT2D eigenvalue weighted by Gasteiger charge is 2.19. The van der Waals surface area contributed by atoms with E-state index >= 15 is 0 Å². The van der Waals surface area contributed by atoms with E-state index in [2.05, 4.69) is 10.2 Å². The van der Waals surface area contributed by atoms with Gasteiger partial charge in [-0.3, -0.25) is 0 Å². The van der Waals surface area contributed by atoms with Crippen molar-refractivity contribution in [3.63, 3.8) is 0 Å². The van der Waals surface area contributed by atoms with E-state index in [1.807, 2.05) is 0 Å². The summed E-state index contributed by atoms with van der Waals surface area (Å²) in [5.41, 5.74) is 1.17. The van der Waals surface area contributed by atoms with Gasteiger partial charge in [0.05, 0.1) is 19.1 Å². The molecular formula is C18H19N3O5S. The Hall–Kier alpha value is -2.91. The number of hydrogen-bond acceptors (Lipinski definition) is 7. The summed E-state index contributed by atoms with van der Waals surface area (Å²) < 4.78 is 42.0. The van der Waals surface area contributed by atoms with Crippen molar-refractivity contribution in [3.8, 4) is 34.4 Å². The van der Waals surface area contributed by atoms with Gasteiger partial charge in [0.1, 0.15) is 0 Å². The Labute approximate surface area is 157 Å². The van der Waals surface area contributed by atoms with Gasteiger partial charge in [-0.2, -0.15) is 0 Å². The Morgan fingerprint density at radius 1 is 0.889 bits per heavy atom. The molecular weight excluding hydrogens is 370 g/mol. The molecule has 0 radical (unpaired) electrons. The van der Waals surface area contributed by atoms with Gasteiger partial charge < -0.3 is 13.9 Å². The van der Waals surface area contributed by atoms with Crippen molar-refractivity contribution in [1.29, 1.82) is 0 Å². The van der Waals surface area contributed by atoms with Crippen LogP contribution in [0.3, 0.4) is 0 Å². The second-order valence-corrected chi connectivity index (χ2v) is 7.95. The predicted octanol–water partition coefficient (Wildman–Crippen LogP) is 2.67. The van der Waals surface area contributed by atoms with Crippen LogP contribution in [-0.4, -0.2) is 51.2 Å². The van der Waals surface area contributed by atoms with E-state index in [1.54, 1.807) is 37.4 Å². The van der Waals surface area contributed by atoms with E-state index in [0.717, 1.165) is 4.31 Å². The number of aromatic nitrogens is 2. The molecule has 8 nitrogen and oxygen atoms in total. The maximum atomic E-state index is 12.3. The number of benzene rings is 2. The maximum absolute atomic E-state index is 12.3. The average Bonchev–Trinajstić information content (AvgIpc) is 3.17. The molecule has 3 rings (SSSR count). The molecule has 3 aromatic rings. The third-order valence-corrected chi connectivity index (χ3v) is 5.73. The van der Waals surface area contributed by atoms with Gasteiger partial charge in [-0.05, 0) is 36.4 Å². The van der Waals surface area contributed by atoms with Crippen molar-refractivity contribution in [2.45, 2.75) is 4.90 Å². The second-order valence-electron chi connectivity index (χ2n) is 5.80. The lowest BCUT2D eigenvalue weighted by Crippen LogP contribution is -2.22. The van der Waals surface area contributed by atoms with E-state index in [4.69, 9.17) is 13.9 Å². The molecule has 1 aromatic heterocycles. The molecule has 9 heteroatoms. The van der Waals surface area contributed by atoms with Gasteiger partial charge in [0.15, 0.2) is 11.5 Å². The highest BCUT2D eigenvalue weighted by Crippen LogP contribution is 2.33. The normalized spacial score (nSPS) is 11.6. The van der Waals surface area contributed by atoms with Gasteiger partial charge in [-0.1, -0.05) is 6.07 Å². The quantitative estimate of drug-likeness (QED) is 0.639. The average molecular weight is 389 g/mol. The lowest BCUT2D eigenvalue weighted by atomic mass is 10.2. The first-order valence-electron chi connectivity index (χ1n) is 7.95. The molecule has 0 saturated heterocycles. The van der Waals surface area contributed by atoms with Crippen LogP contribution in [0.1, 0.15) is 0 Å². The smallest absolute Gasteiger partial charge is 0.248 e. The third-order valence-electron chi connectivity index (χ3n) is 3.92. The van der Waals surface area contributed by atoms with Crippen molar-refractivity contribution < 1.29 is 22.3 Å². The molecule has 0 atom stereocenters. The third kappa shape index (κ3) is 3.64. The van der Waals surface area contributed by atoms with Gasteiger partial charge in [0.2, 0.25) is 21.8 Å². The molecule has 0 unspecified atom stereocenters. The summed E-state index contributed by atoms with van der Waals surface area (Å²) in [4.78, 5) is 0.149. The van der Waals surface area contributed by atoms with Crippen molar-refractivity contribution in [1.82, 2.24) is 14.5 Å². The Morgan fingerprint density at radius 2 is 1.52 bits per heavy atom. The fraction of sp³-hybridized carbons (Fsp3) is 0.222. The maximum Gasteiger partial charge on any atom is 0.248 e. The molecule has 0 fully saturated rings. The van der Waals surface area contributed by atoms with Gasteiger partial charge in [-0.15, -0.1) is 10.2 Å². The summed E-state index contributed by atoms with van der Waals surface area (Å²) in [5, 5.41) is 8.08. The summed E-state index contributed by atoms with van der Waals surface area (Å²) in [6.45, 7) is 0. The Kier molecular flexibility index (Phi) is 5.15. The monoisotopic (exact) mass is 389 g/mol. The van der Waals surface area contributed by atoms with E-state index in [0.29, 0.717) is 22.6 Å². The van der Waals surface area contributed by atoms with Crippen LogP contribution >= 0.6 is 0 Å². The summed E-state index contributed by atoms with van der Waals surface area (Å²) in [5.74, 6) is 1.62. The van der Waals surface area contributed by atoms with Crippen molar-refractivity contribution >= 4 is 10.0 Å². The fourth-order valence-corrected chi connectivity index (χ4v) is 3.37. The van der Waals surface area contributed by atoms with Crippen LogP contribution in [0.4, 0.5) is 0 Å². The molecule has 2 aromatic carbocycles. The van der Waals surface area contributed by atoms with Crippen molar-refractivity contribution in [2.24, 2.45) is 0 Å². The Morgan fingerprint density at radius 3 is 2.11 bits per heavy atom. The number of sulfonamides is 1. The number of methoxy groups -OCH3 is 2. The molecule has 0 saturated carbocycles. The number of nitrogens with zero attached hydrogens (tertiary/aromatic N) is 3. The van der Waals surface area contributed by atoms with E-state index in [1.165, 1.54) is 33.3 Å². The highest BCUT2D eigenvalue weighted by molar-refractivity contribution is 7.89. The fourth-order valence-electron chi connectivity index (χ4n) is 2.43. The second kappa shape index (κ2) is 7.37. The zero-order valence-corrected chi connectivity index (χ0v) is 16.1. The van der Waals surface area contributed by atoms with Crippen LogP contribution in [0.5, 0.6) is 11.5 Å². The SMILES string of the molecule is COc1ccc(-c2nnc(-c3cccc(S(=O)(=O)N(C)C)c3)o2)cc1OC. The van der Waals surface area contributed by atoms with Crippen LogP contribution in [0.25, 0.3) is 22.9 Å². The minimum Gasteiger partial charge on any atom is -0.493 e. The topological polar surface area (TPSA) is 94.8 Å². The van der Waals surface area contributed by atoms with Crippen LogP contribution in [0.15, 0.2) is 51.8 Å². The first-order chi connectivity index (χ1) is 12.9. The minimum atomic E-state index is -3.56. The summed E-state index contributed by atoms with van der Waals surface area (Å²) in [6.07, 6.45) is 0. The summed E-state index contributed by atoms with van der Waals surface area (Å²) in [6, 6.07) is 11.6. The number of hydrogen-bond donors (Lipinski definition) is 0. The minimum absolute atomic E-state index is 0.149. The molecule has 0 spiro atoms. The lowest BCUT2D eigenvalue weighted by molar-refractivity contribution is 0.355. The Bertz CT molecular complexity index is 1060. The Balaban J connectivity index is 1.98. The van der Waals surface area contributed by atoms with E-state index < -0.39 is 10.0 Å². The molecule has 0 amide bonds. The van der Waals surface area contributed by atoms with E-state index in [-0.39, 0.29) is 16.7 Å². The van der Waals surface area contributed by atoms with Crippen LogP contribution in [-0.2, 0) is 10.0 Å². The molecule has 0 bridgehead atoms. The first-order valence-corrected chi connectivity index (χ1v) is 9.39. The number of ether oxygens (including phenoxy) is 2. The van der Waals surface area contributed by atoms with Gasteiger partial charge in [0, 0.05) is 25.2 Å². The van der Waals surface area contributed by atoms with Gasteiger partial charge in [0.25, 0.3) is 0 Å². The van der Waals surface area contributed by atoms with Gasteiger partial charge >= 0.3 is 0 Å². The zero-order chi connectivity index (χ0) is 19.6. The summed E-state index contributed by atoms with van der Waals surface area (Å²) >= 11 is 0. The van der Waals surface area contributed by atoms with Crippen LogP contribution < -0.4 is 9.47 Å². The van der Waals surface area contributed by atoms with Crippen LogP contribution in [0.2, 0.25) is 0 Å². The molecule has 0 N–H and O–H groups in total. The van der Waals surface area contributed by atoms with E-state index in [9.17, 15) is 8.42 Å². The molecule has 27 heavy (non-hydrogen) atoms. The number of rotatable bonds is 6. The molecule has 0 aliphatic rings. The largest absolute Gasteiger partial charge is 0.493 e. The van der Waals surface area contributed by atoms with Gasteiger partial charge in [-0.25, -0.2) is 12.7 Å². The summed E-state index contributed by atoms with van der Waals surface area (Å²) in [7, 11) is 2.49. The van der Waals surface area contributed by atoms with Crippen LogP contribution in [0, 0.1) is 0 Å². The standard InChI is InChI=1S/C18H19N3O5S/c1-21(2)27(22,23)14-7-5-6-12(10-14)17-19-20-18(26-17)13-8-9-15(24-3)16(11-13)25-4/h5-11H,1-4H3. The molecule has 0 aliphatic carbocycles. The molecule has 1 heterocycles. The molecule has 0 aliphatic heterocycles. The predicted molar refractivity (Wildman–Crippen MR) is 99.1 cm³/mol. The highest BCUT2D eigenvalue weighted by atomic mass is 32.2. The van der Waals surface area contributed by atoms with Crippen molar-refractivity contribution in [2.75, 3.05) is 28.3 Å². The van der Waals surface area contributed by atoms with Crippen molar-refractivity contribution in [3.05, 3.63) is 42.5 Å². The first kappa shape index (κ1) is 18.9. The molecule has 142 valence electrons. The lowest BCUT2D eigenvalue weighted by Gasteiger charge is -2.11.